The molecular weight excluding hydrogens is 432 g/mol. The molecule has 3 aromatic rings. The highest BCUT2D eigenvalue weighted by atomic mass is 79.9. The van der Waals surface area contributed by atoms with Crippen molar-refractivity contribution in [2.45, 2.75) is 4.90 Å². The topological polar surface area (TPSA) is 84.8 Å². The Balaban J connectivity index is 1.73. The van der Waals surface area contributed by atoms with E-state index in [1.54, 1.807) is 48.5 Å². The molecule has 0 atom stereocenters. The van der Waals surface area contributed by atoms with Crippen LogP contribution in [-0.2, 0) is 9.84 Å². The molecular formula is C19H13BrN2O4S. The molecule has 27 heavy (non-hydrogen) atoms. The van der Waals surface area contributed by atoms with Crippen LogP contribution in [0.3, 0.4) is 0 Å². The molecule has 1 N–H and O–H groups in total. The number of amides is 1. The van der Waals surface area contributed by atoms with Gasteiger partial charge in [0.2, 0.25) is 5.90 Å². The lowest BCUT2D eigenvalue weighted by Crippen LogP contribution is -2.23. The maximum Gasteiger partial charge on any atom is 0.275 e. The highest BCUT2D eigenvalue weighted by molar-refractivity contribution is 9.10. The van der Waals surface area contributed by atoms with E-state index in [0.717, 1.165) is 9.86 Å². The molecule has 1 amide bonds. The molecule has 1 aliphatic heterocycles. The smallest absolute Gasteiger partial charge is 0.275 e. The first kappa shape index (κ1) is 17.7. The Hall–Kier alpha value is -2.71. The van der Waals surface area contributed by atoms with Gasteiger partial charge in [-0.05, 0) is 29.7 Å². The molecule has 0 spiro atoms. The fraction of sp³-hybridized carbons (Fsp3) is 0.0526. The molecule has 0 radical (unpaired) electrons. The molecule has 3 aromatic carbocycles. The molecule has 0 fully saturated rings. The predicted molar refractivity (Wildman–Crippen MR) is 106 cm³/mol. The van der Waals surface area contributed by atoms with Crippen molar-refractivity contribution < 1.29 is 17.9 Å². The summed E-state index contributed by atoms with van der Waals surface area (Å²) < 4.78 is 32.5. The van der Waals surface area contributed by atoms with Gasteiger partial charge in [-0.15, -0.1) is 5.10 Å². The van der Waals surface area contributed by atoms with Crippen molar-refractivity contribution in [1.29, 1.82) is 0 Å². The molecule has 0 bridgehead atoms. The zero-order chi connectivity index (χ0) is 19.0. The number of hydrogen-bond acceptors (Lipinski definition) is 5. The minimum atomic E-state index is -3.77. The molecule has 8 heteroatoms. The summed E-state index contributed by atoms with van der Waals surface area (Å²) in [6, 6.07) is 17.0. The van der Waals surface area contributed by atoms with Gasteiger partial charge in [-0.25, -0.2) is 13.8 Å². The summed E-state index contributed by atoms with van der Waals surface area (Å²) in [4.78, 5) is 12.2. The molecule has 0 aliphatic carbocycles. The first-order chi connectivity index (χ1) is 13.0. The molecule has 6 nitrogen and oxygen atoms in total. The van der Waals surface area contributed by atoms with E-state index in [-0.39, 0.29) is 16.5 Å². The van der Waals surface area contributed by atoms with Crippen molar-refractivity contribution in [3.63, 3.8) is 0 Å². The van der Waals surface area contributed by atoms with E-state index in [1.807, 2.05) is 12.1 Å². The maximum absolute atomic E-state index is 13.0. The Morgan fingerprint density at radius 2 is 1.67 bits per heavy atom. The fourth-order valence-corrected chi connectivity index (χ4v) is 4.74. The quantitative estimate of drug-likeness (QED) is 0.669. The summed E-state index contributed by atoms with van der Waals surface area (Å²) in [5, 5.41) is 5.23. The van der Waals surface area contributed by atoms with Gasteiger partial charge in [0, 0.05) is 9.86 Å². The normalized spacial score (nSPS) is 14.0. The molecule has 0 saturated heterocycles. The predicted octanol–water partition coefficient (Wildman–Crippen LogP) is 3.51. The van der Waals surface area contributed by atoms with Crippen LogP contribution in [0.2, 0.25) is 0 Å². The monoisotopic (exact) mass is 444 g/mol. The standard InChI is InChI=1S/C19H13BrN2O4S/c20-15-9-10-17(13-6-2-1-5-12(13)15)27(24,25)11-18-21-22-19(23)14-7-3-4-8-16(14)26-18/h1-10H,11H2,(H,22,23). The number of halogens is 1. The summed E-state index contributed by atoms with van der Waals surface area (Å²) in [5.41, 5.74) is 2.62. The van der Waals surface area contributed by atoms with Crippen molar-refractivity contribution in [3.8, 4) is 5.75 Å². The lowest BCUT2D eigenvalue weighted by Gasteiger charge is -2.11. The Kier molecular flexibility index (Phi) is 4.45. The van der Waals surface area contributed by atoms with E-state index in [2.05, 4.69) is 26.5 Å². The zero-order valence-corrected chi connectivity index (χ0v) is 16.2. The van der Waals surface area contributed by atoms with Gasteiger partial charge in [-0.3, -0.25) is 4.79 Å². The average molecular weight is 445 g/mol. The number of benzene rings is 3. The molecule has 0 saturated carbocycles. The number of carbonyl (C=O) groups excluding carboxylic acids is 1. The van der Waals surface area contributed by atoms with E-state index in [9.17, 15) is 13.2 Å². The van der Waals surface area contributed by atoms with E-state index < -0.39 is 21.5 Å². The highest BCUT2D eigenvalue weighted by Gasteiger charge is 2.25. The number of ether oxygens (including phenoxy) is 1. The van der Waals surface area contributed by atoms with Crippen LogP contribution in [0, 0.1) is 0 Å². The Labute approximate surface area is 163 Å². The lowest BCUT2D eigenvalue weighted by atomic mass is 10.1. The Bertz CT molecular complexity index is 1210. The van der Waals surface area contributed by atoms with Gasteiger partial charge in [-0.2, -0.15) is 0 Å². The molecule has 1 aliphatic rings. The van der Waals surface area contributed by atoms with Gasteiger partial charge >= 0.3 is 0 Å². The second-order valence-corrected chi connectivity index (χ2v) is 8.71. The number of para-hydroxylation sites is 1. The second-order valence-electron chi connectivity index (χ2n) is 5.89. The van der Waals surface area contributed by atoms with Crippen molar-refractivity contribution in [3.05, 3.63) is 70.7 Å². The van der Waals surface area contributed by atoms with E-state index >= 15 is 0 Å². The summed E-state index contributed by atoms with van der Waals surface area (Å²) in [6.07, 6.45) is 0. The number of rotatable bonds is 3. The Morgan fingerprint density at radius 1 is 0.963 bits per heavy atom. The van der Waals surface area contributed by atoms with E-state index in [1.165, 1.54) is 0 Å². The third-order valence-corrected chi connectivity index (χ3v) is 6.47. The second kappa shape index (κ2) is 6.79. The van der Waals surface area contributed by atoms with Gasteiger partial charge < -0.3 is 4.74 Å². The van der Waals surface area contributed by atoms with Crippen LogP contribution < -0.4 is 10.2 Å². The number of sulfone groups is 1. The van der Waals surface area contributed by atoms with Crippen molar-refractivity contribution >= 4 is 48.3 Å². The van der Waals surface area contributed by atoms with Crippen molar-refractivity contribution in [2.24, 2.45) is 5.10 Å². The van der Waals surface area contributed by atoms with Crippen LogP contribution in [0.4, 0.5) is 0 Å². The minimum absolute atomic E-state index is 0.0969. The molecule has 1 heterocycles. The summed E-state index contributed by atoms with van der Waals surface area (Å²) in [6.45, 7) is 0. The average Bonchev–Trinajstić information content (AvgIpc) is 2.81. The van der Waals surface area contributed by atoms with Crippen LogP contribution in [0.1, 0.15) is 10.4 Å². The highest BCUT2D eigenvalue weighted by Crippen LogP contribution is 2.30. The van der Waals surface area contributed by atoms with E-state index in [0.29, 0.717) is 10.9 Å². The van der Waals surface area contributed by atoms with Gasteiger partial charge in [0.15, 0.2) is 9.84 Å². The third kappa shape index (κ3) is 3.33. The van der Waals surface area contributed by atoms with E-state index in [4.69, 9.17) is 4.74 Å². The maximum atomic E-state index is 13.0. The Morgan fingerprint density at radius 3 is 2.48 bits per heavy atom. The van der Waals surface area contributed by atoms with Crippen LogP contribution >= 0.6 is 15.9 Å². The SMILES string of the molecule is O=C1NN=C(CS(=O)(=O)c2ccc(Br)c3ccccc23)Oc2ccccc21. The molecule has 0 aromatic heterocycles. The first-order valence-corrected chi connectivity index (χ1v) is 10.4. The largest absolute Gasteiger partial charge is 0.439 e. The molecule has 4 rings (SSSR count). The number of nitrogens with one attached hydrogen (secondary N) is 1. The minimum Gasteiger partial charge on any atom is -0.439 e. The fourth-order valence-electron chi connectivity index (χ4n) is 2.87. The number of hydrogen-bond donors (Lipinski definition) is 1. The van der Waals surface area contributed by atoms with Crippen LogP contribution in [0.5, 0.6) is 5.75 Å². The van der Waals surface area contributed by atoms with Gasteiger partial charge in [-0.1, -0.05) is 52.3 Å². The zero-order valence-electron chi connectivity index (χ0n) is 13.8. The molecule has 0 unspecified atom stereocenters. The lowest BCUT2D eigenvalue weighted by molar-refractivity contribution is 0.0955. The summed E-state index contributed by atoms with van der Waals surface area (Å²) in [7, 11) is -3.77. The van der Waals surface area contributed by atoms with Crippen LogP contribution in [0.25, 0.3) is 10.8 Å². The summed E-state index contributed by atoms with van der Waals surface area (Å²) in [5.74, 6) is -0.762. The van der Waals surface area contributed by atoms with Crippen LogP contribution in [0.15, 0.2) is 75.1 Å². The number of nitrogens with zero attached hydrogens (tertiary/aromatic N) is 1. The third-order valence-electron chi connectivity index (χ3n) is 4.12. The van der Waals surface area contributed by atoms with Gasteiger partial charge in [0.25, 0.3) is 5.91 Å². The number of carbonyl (C=O) groups is 1. The van der Waals surface area contributed by atoms with Crippen LogP contribution in [-0.4, -0.2) is 26.0 Å². The van der Waals surface area contributed by atoms with Crippen molar-refractivity contribution in [2.75, 3.05) is 5.75 Å². The van der Waals surface area contributed by atoms with Gasteiger partial charge in [0.1, 0.15) is 11.5 Å². The summed E-state index contributed by atoms with van der Waals surface area (Å²) >= 11 is 3.44. The van der Waals surface area contributed by atoms with Crippen molar-refractivity contribution in [1.82, 2.24) is 5.43 Å². The number of hydrazone groups is 1. The molecule has 136 valence electrons. The number of fused-ring (bicyclic) bond motifs is 2. The first-order valence-electron chi connectivity index (χ1n) is 7.99. The van der Waals surface area contributed by atoms with Gasteiger partial charge in [0.05, 0.1) is 10.5 Å².